The number of phenolic OH excluding ortho intramolecular Hbond substituents is 4. The van der Waals surface area contributed by atoms with Crippen molar-refractivity contribution in [1.82, 2.24) is 0 Å². The number of hydrogen-bond donors (Lipinski definition) is 4. The number of fused-ring (bicyclic) bond motifs is 5. The third-order valence-corrected chi connectivity index (χ3v) is 8.13. The van der Waals surface area contributed by atoms with Crippen molar-refractivity contribution < 1.29 is 29.6 Å². The van der Waals surface area contributed by atoms with Gasteiger partial charge in [-0.1, -0.05) is 35.5 Å². The van der Waals surface area contributed by atoms with Crippen molar-refractivity contribution >= 4 is 17.0 Å². The maximum atomic E-state index is 14.2. The molecule has 4 N–H and O–H groups in total. The summed E-state index contributed by atoms with van der Waals surface area (Å²) in [4.78, 5) is 14.2. The zero-order valence-electron chi connectivity index (χ0n) is 25.0. The Morgan fingerprint density at radius 2 is 1.79 bits per heavy atom. The van der Waals surface area contributed by atoms with Crippen LogP contribution in [0.4, 0.5) is 0 Å². The van der Waals surface area contributed by atoms with Gasteiger partial charge in [-0.2, -0.15) is 0 Å². The van der Waals surface area contributed by atoms with Crippen LogP contribution in [0.3, 0.4) is 0 Å². The number of ether oxygens (including phenoxy) is 1. The Bertz CT molecular complexity index is 1790. The summed E-state index contributed by atoms with van der Waals surface area (Å²) in [6.07, 6.45) is 10.1. The lowest BCUT2D eigenvalue weighted by Crippen LogP contribution is -2.28. The first-order valence-corrected chi connectivity index (χ1v) is 14.2. The van der Waals surface area contributed by atoms with Gasteiger partial charge in [0.25, 0.3) is 0 Å². The largest absolute Gasteiger partial charge is 0.507 e. The molecular formula is C35H38O7. The van der Waals surface area contributed by atoms with Gasteiger partial charge in [0.15, 0.2) is 16.9 Å². The molecule has 2 aromatic carbocycles. The van der Waals surface area contributed by atoms with Crippen LogP contribution in [0, 0.1) is 0 Å². The van der Waals surface area contributed by atoms with Crippen molar-refractivity contribution in [3.8, 4) is 40.1 Å². The van der Waals surface area contributed by atoms with E-state index in [1.165, 1.54) is 5.57 Å². The Hall–Kier alpha value is -4.39. The first-order chi connectivity index (χ1) is 19.7. The van der Waals surface area contributed by atoms with Gasteiger partial charge >= 0.3 is 0 Å². The Morgan fingerprint density at radius 1 is 1.07 bits per heavy atom. The van der Waals surface area contributed by atoms with Crippen LogP contribution in [0.2, 0.25) is 0 Å². The summed E-state index contributed by atoms with van der Waals surface area (Å²) in [5.41, 5.74) is 3.73. The Balaban J connectivity index is 1.82. The summed E-state index contributed by atoms with van der Waals surface area (Å²) < 4.78 is 12.9. The molecular weight excluding hydrogens is 532 g/mol. The summed E-state index contributed by atoms with van der Waals surface area (Å²) in [6, 6.07) is 1.03. The van der Waals surface area contributed by atoms with Crippen molar-refractivity contribution in [2.75, 3.05) is 0 Å². The molecule has 1 aliphatic carbocycles. The molecule has 0 fully saturated rings. The zero-order chi connectivity index (χ0) is 30.7. The second kappa shape index (κ2) is 10.5. The molecule has 7 nitrogen and oxygen atoms in total. The lowest BCUT2D eigenvalue weighted by molar-refractivity contribution is 0.157. The van der Waals surface area contributed by atoms with Gasteiger partial charge in [-0.05, 0) is 79.4 Å². The van der Waals surface area contributed by atoms with Crippen LogP contribution >= 0.6 is 0 Å². The molecule has 1 aliphatic heterocycles. The van der Waals surface area contributed by atoms with Gasteiger partial charge in [0.05, 0.1) is 11.1 Å². The van der Waals surface area contributed by atoms with Crippen LogP contribution in [0.15, 0.2) is 56.8 Å². The molecule has 3 aromatic rings. The highest BCUT2D eigenvalue weighted by molar-refractivity contribution is 5.96. The first kappa shape index (κ1) is 29.1. The van der Waals surface area contributed by atoms with E-state index in [0.29, 0.717) is 28.9 Å². The second-order valence-electron chi connectivity index (χ2n) is 12.3. The lowest BCUT2D eigenvalue weighted by atomic mass is 9.77. The monoisotopic (exact) mass is 570 g/mol. The Labute approximate surface area is 245 Å². The molecule has 0 unspecified atom stereocenters. The smallest absolute Gasteiger partial charge is 0.200 e. The van der Waals surface area contributed by atoms with Gasteiger partial charge in [-0.3, -0.25) is 4.79 Å². The Morgan fingerprint density at radius 3 is 2.45 bits per heavy atom. The van der Waals surface area contributed by atoms with Crippen LogP contribution in [0.1, 0.15) is 82.6 Å². The number of hydrogen-bond acceptors (Lipinski definition) is 7. The van der Waals surface area contributed by atoms with E-state index in [1.54, 1.807) is 13.0 Å². The third kappa shape index (κ3) is 4.87. The molecule has 0 amide bonds. The minimum atomic E-state index is -0.665. The maximum Gasteiger partial charge on any atom is 0.200 e. The first-order valence-electron chi connectivity index (χ1n) is 14.2. The number of phenols is 4. The van der Waals surface area contributed by atoms with Crippen LogP contribution < -0.4 is 10.2 Å². The van der Waals surface area contributed by atoms with Gasteiger partial charge < -0.3 is 29.6 Å². The fourth-order valence-electron chi connectivity index (χ4n) is 5.87. The fraction of sp³-hybridized carbons (Fsp3) is 0.343. The van der Waals surface area contributed by atoms with Gasteiger partial charge in [0, 0.05) is 28.7 Å². The highest BCUT2D eigenvalue weighted by Gasteiger charge is 2.38. The van der Waals surface area contributed by atoms with E-state index in [9.17, 15) is 25.2 Å². The van der Waals surface area contributed by atoms with E-state index in [-0.39, 0.29) is 51.3 Å². The van der Waals surface area contributed by atoms with Crippen molar-refractivity contribution in [2.24, 2.45) is 0 Å². The van der Waals surface area contributed by atoms with E-state index in [4.69, 9.17) is 9.15 Å². The topological polar surface area (TPSA) is 120 Å². The normalized spacial score (nSPS) is 16.8. The molecule has 0 saturated carbocycles. The van der Waals surface area contributed by atoms with E-state index in [2.05, 4.69) is 39.5 Å². The van der Waals surface area contributed by atoms with Crippen LogP contribution in [-0.2, 0) is 12.8 Å². The van der Waals surface area contributed by atoms with Gasteiger partial charge in [-0.15, -0.1) is 0 Å². The summed E-state index contributed by atoms with van der Waals surface area (Å²) in [5, 5.41) is 43.7. The van der Waals surface area contributed by atoms with Crippen molar-refractivity contribution in [3.63, 3.8) is 0 Å². The fourth-order valence-corrected chi connectivity index (χ4v) is 5.87. The summed E-state index contributed by atoms with van der Waals surface area (Å²) in [6.45, 7) is 15.8. The minimum absolute atomic E-state index is 0.0393. The van der Waals surface area contributed by atoms with Gasteiger partial charge in [-0.25, -0.2) is 0 Å². The highest BCUT2D eigenvalue weighted by atomic mass is 16.5. The predicted molar refractivity (Wildman–Crippen MR) is 166 cm³/mol. The van der Waals surface area contributed by atoms with E-state index in [0.717, 1.165) is 24.5 Å². The molecule has 0 radical (unpaired) electrons. The zero-order valence-corrected chi connectivity index (χ0v) is 25.0. The molecule has 7 heteroatoms. The van der Waals surface area contributed by atoms with E-state index >= 15 is 0 Å². The average Bonchev–Trinajstić information content (AvgIpc) is 2.89. The molecule has 1 atom stereocenters. The predicted octanol–water partition coefficient (Wildman–Crippen LogP) is 7.92. The maximum absolute atomic E-state index is 14.2. The second-order valence-corrected chi connectivity index (χ2v) is 12.3. The van der Waals surface area contributed by atoms with Crippen molar-refractivity contribution in [1.29, 1.82) is 0 Å². The highest BCUT2D eigenvalue weighted by Crippen LogP contribution is 2.54. The van der Waals surface area contributed by atoms with E-state index < -0.39 is 28.4 Å². The molecule has 0 spiro atoms. The molecule has 1 aromatic heterocycles. The summed E-state index contributed by atoms with van der Waals surface area (Å²) in [5.74, 6) is -1.50. The quantitative estimate of drug-likeness (QED) is 0.135. The molecule has 220 valence electrons. The van der Waals surface area contributed by atoms with Crippen molar-refractivity contribution in [2.45, 2.75) is 78.7 Å². The molecule has 0 saturated heterocycles. The van der Waals surface area contributed by atoms with Crippen LogP contribution in [0.5, 0.6) is 28.7 Å². The SMILES string of the molecule is C=C(C)[C@@H]1Cc2c(oc3c(C/C=C(\C)CCC=C(C)C)c4c(c(O)c3c2=O)C=CC(C)(C)O4)-c2c(O)cc(O)c(O)c21. The number of allylic oxidation sites excluding steroid dienone is 5. The van der Waals surface area contributed by atoms with E-state index in [1.807, 2.05) is 19.9 Å². The lowest BCUT2D eigenvalue weighted by Gasteiger charge is -2.31. The standard InChI is InChI=1S/C35H38O7/c1-17(2)9-8-10-19(5)11-12-21-32-20(13-14-35(6,7)42-32)29(38)28-30(39)23-15-22(18(3)4)26-27(34(23)41-33(21)28)24(36)16-25(37)31(26)40/h9,11,13-14,16,22,36-38,40H,3,8,10,12,15H2,1-2,4-7H3/b19-11+/t22-/m0/s1. The number of benzene rings is 2. The molecule has 42 heavy (non-hydrogen) atoms. The average molecular weight is 571 g/mol. The van der Waals surface area contributed by atoms with Crippen molar-refractivity contribution in [3.05, 3.63) is 80.1 Å². The van der Waals surface area contributed by atoms with Gasteiger partial charge in [0.2, 0.25) is 0 Å². The molecule has 5 rings (SSSR count). The van der Waals surface area contributed by atoms with Gasteiger partial charge in [0.1, 0.15) is 39.6 Å². The summed E-state index contributed by atoms with van der Waals surface area (Å²) in [7, 11) is 0. The molecule has 2 heterocycles. The number of rotatable bonds is 6. The molecule has 2 aliphatic rings. The van der Waals surface area contributed by atoms with Crippen LogP contribution in [0.25, 0.3) is 28.4 Å². The Kier molecular flexibility index (Phi) is 7.25. The summed E-state index contributed by atoms with van der Waals surface area (Å²) >= 11 is 0. The number of aromatic hydroxyl groups is 4. The molecule has 0 bridgehead atoms. The minimum Gasteiger partial charge on any atom is -0.507 e. The van der Waals surface area contributed by atoms with Crippen LogP contribution in [-0.4, -0.2) is 26.0 Å². The third-order valence-electron chi connectivity index (χ3n) is 8.13.